The molecule has 0 aromatic heterocycles. The number of para-hydroxylation sites is 1. The van der Waals surface area contributed by atoms with Crippen LogP contribution in [0.2, 0.25) is 0 Å². The normalized spacial score (nSPS) is 18.6. The van der Waals surface area contributed by atoms with Crippen LogP contribution in [0.3, 0.4) is 0 Å². The van der Waals surface area contributed by atoms with Crippen molar-refractivity contribution in [2.75, 3.05) is 0 Å². The van der Waals surface area contributed by atoms with Crippen molar-refractivity contribution in [3.63, 3.8) is 0 Å². The van der Waals surface area contributed by atoms with Gasteiger partial charge in [-0.25, -0.2) is 4.79 Å². The van der Waals surface area contributed by atoms with Crippen LogP contribution in [0.25, 0.3) is 6.08 Å². The Morgan fingerprint density at radius 2 is 1.52 bits per heavy atom. The molecule has 0 fully saturated rings. The number of carbonyl (C=O) groups is 1. The van der Waals surface area contributed by atoms with Gasteiger partial charge in [-0.05, 0) is 19.1 Å². The molecule has 4 rings (SSSR count). The van der Waals surface area contributed by atoms with Crippen molar-refractivity contribution in [2.45, 2.75) is 18.9 Å². The van der Waals surface area contributed by atoms with E-state index in [1.165, 1.54) is 0 Å². The van der Waals surface area contributed by atoms with E-state index in [-0.39, 0.29) is 6.42 Å². The minimum absolute atomic E-state index is 0.240. The highest BCUT2D eigenvalue weighted by Gasteiger charge is 2.41. The Balaban J connectivity index is 1.99. The average Bonchev–Trinajstić information content (AvgIpc) is 2.87. The molecule has 134 valence electrons. The second-order valence-corrected chi connectivity index (χ2v) is 6.85. The van der Waals surface area contributed by atoms with Gasteiger partial charge in [0.05, 0.1) is 0 Å². The number of carboxylic acid groups (broad SMARTS) is 1. The predicted octanol–water partition coefficient (Wildman–Crippen LogP) is 5.19. The van der Waals surface area contributed by atoms with Crippen LogP contribution in [0.4, 0.5) is 0 Å². The molecule has 27 heavy (non-hydrogen) atoms. The summed E-state index contributed by atoms with van der Waals surface area (Å²) in [5, 5.41) is 9.84. The number of rotatable bonds is 3. The van der Waals surface area contributed by atoms with E-state index in [1.807, 2.05) is 85.8 Å². The topological polar surface area (TPSA) is 46.5 Å². The lowest BCUT2D eigenvalue weighted by atomic mass is 9.80. The minimum atomic E-state index is -0.928. The third kappa shape index (κ3) is 3.13. The number of benzene rings is 3. The molecule has 1 aliphatic heterocycles. The average molecular weight is 356 g/mol. The van der Waals surface area contributed by atoms with E-state index in [1.54, 1.807) is 6.08 Å². The Kier molecular flexibility index (Phi) is 4.28. The fraction of sp³-hybridized carbons (Fsp3) is 0.125. The van der Waals surface area contributed by atoms with Crippen LogP contribution in [-0.4, -0.2) is 11.1 Å². The second kappa shape index (κ2) is 6.76. The fourth-order valence-corrected chi connectivity index (χ4v) is 3.58. The molecule has 0 bridgehead atoms. The summed E-state index contributed by atoms with van der Waals surface area (Å²) in [7, 11) is 0. The van der Waals surface area contributed by atoms with Gasteiger partial charge in [0.25, 0.3) is 0 Å². The van der Waals surface area contributed by atoms with Gasteiger partial charge in [0, 0.05) is 28.7 Å². The molecule has 0 saturated heterocycles. The lowest BCUT2D eigenvalue weighted by Crippen LogP contribution is -2.35. The minimum Gasteiger partial charge on any atom is -0.478 e. The van der Waals surface area contributed by atoms with E-state index >= 15 is 0 Å². The molecule has 0 saturated carbocycles. The summed E-state index contributed by atoms with van der Waals surface area (Å²) in [5.74, 6) is -0.249. The fourth-order valence-electron chi connectivity index (χ4n) is 3.58. The Morgan fingerprint density at radius 3 is 2.22 bits per heavy atom. The molecule has 1 atom stereocenters. The van der Waals surface area contributed by atoms with Gasteiger partial charge in [0.1, 0.15) is 5.75 Å². The molecule has 1 aliphatic rings. The van der Waals surface area contributed by atoms with E-state index in [9.17, 15) is 9.90 Å². The number of aliphatic carboxylic acids is 1. The summed E-state index contributed by atoms with van der Waals surface area (Å²) in [6.07, 6.45) is 1.96. The Hall–Kier alpha value is -3.33. The monoisotopic (exact) mass is 356 g/mol. The highest BCUT2D eigenvalue weighted by molar-refractivity contribution is 5.93. The van der Waals surface area contributed by atoms with Crippen LogP contribution in [0, 0.1) is 6.92 Å². The van der Waals surface area contributed by atoms with E-state index < -0.39 is 11.6 Å². The molecule has 1 heterocycles. The number of carboxylic acids is 1. The lowest BCUT2D eigenvalue weighted by molar-refractivity contribution is -0.133. The van der Waals surface area contributed by atoms with E-state index in [2.05, 4.69) is 0 Å². The zero-order chi connectivity index (χ0) is 18.9. The molecular weight excluding hydrogens is 336 g/mol. The first-order valence-corrected chi connectivity index (χ1v) is 8.93. The molecule has 0 radical (unpaired) electrons. The summed E-state index contributed by atoms with van der Waals surface area (Å²) in [5.41, 5.74) is 3.20. The smallest absolute Gasteiger partial charge is 0.331 e. The van der Waals surface area contributed by atoms with Crippen molar-refractivity contribution < 1.29 is 14.6 Å². The number of hydrogen-bond donors (Lipinski definition) is 1. The van der Waals surface area contributed by atoms with Crippen LogP contribution < -0.4 is 4.74 Å². The van der Waals surface area contributed by atoms with Crippen LogP contribution in [0.1, 0.15) is 28.7 Å². The highest BCUT2D eigenvalue weighted by Crippen LogP contribution is 2.44. The van der Waals surface area contributed by atoms with Crippen molar-refractivity contribution >= 4 is 12.0 Å². The number of aryl methyl sites for hydroxylation is 1. The summed E-state index contributed by atoms with van der Waals surface area (Å²) in [6, 6.07) is 25.5. The van der Waals surface area contributed by atoms with Crippen LogP contribution in [0.15, 0.2) is 84.4 Å². The first-order valence-electron chi connectivity index (χ1n) is 8.93. The van der Waals surface area contributed by atoms with Crippen LogP contribution in [0.5, 0.6) is 5.75 Å². The zero-order valence-electron chi connectivity index (χ0n) is 15.1. The summed E-state index contributed by atoms with van der Waals surface area (Å²) in [6.45, 7) is 2.03. The third-order valence-electron chi connectivity index (χ3n) is 5.01. The molecular formula is C24H20O3. The highest BCUT2D eigenvalue weighted by atomic mass is 16.5. The zero-order valence-corrected chi connectivity index (χ0v) is 15.1. The first-order chi connectivity index (χ1) is 13.1. The van der Waals surface area contributed by atoms with Gasteiger partial charge in [0.2, 0.25) is 0 Å². The van der Waals surface area contributed by atoms with Crippen molar-refractivity contribution in [2.24, 2.45) is 0 Å². The standard InChI is InChI=1S/C24H20O3/c1-17-11-13-21(14-12-17)24(20-8-3-2-4-9-20)16-19(23(25)26)15-18-7-5-6-10-22(18)27-24/h2-15H,16H2,1H3,(H,25,26). The van der Waals surface area contributed by atoms with Gasteiger partial charge in [-0.1, -0.05) is 78.4 Å². The van der Waals surface area contributed by atoms with Crippen molar-refractivity contribution in [3.8, 4) is 5.75 Å². The maximum absolute atomic E-state index is 12.0. The molecule has 0 amide bonds. The third-order valence-corrected chi connectivity index (χ3v) is 5.01. The predicted molar refractivity (Wildman–Crippen MR) is 106 cm³/mol. The van der Waals surface area contributed by atoms with Gasteiger partial charge in [0.15, 0.2) is 5.60 Å². The Bertz CT molecular complexity index is 1000. The van der Waals surface area contributed by atoms with Crippen molar-refractivity contribution in [3.05, 3.63) is 107 Å². The molecule has 3 aromatic carbocycles. The van der Waals surface area contributed by atoms with Gasteiger partial charge in [-0.15, -0.1) is 0 Å². The largest absolute Gasteiger partial charge is 0.478 e. The number of hydrogen-bond acceptors (Lipinski definition) is 2. The SMILES string of the molecule is Cc1ccc(C2(c3ccccc3)CC(C(=O)O)=Cc3ccccc3O2)cc1. The Labute approximate surface area is 158 Å². The van der Waals surface area contributed by atoms with Crippen molar-refractivity contribution in [1.82, 2.24) is 0 Å². The molecule has 3 aromatic rings. The van der Waals surface area contributed by atoms with Crippen LogP contribution in [-0.2, 0) is 10.4 Å². The number of ether oxygens (including phenoxy) is 1. The lowest BCUT2D eigenvalue weighted by Gasteiger charge is -2.35. The van der Waals surface area contributed by atoms with Gasteiger partial charge in [-0.3, -0.25) is 0 Å². The molecule has 0 spiro atoms. The molecule has 1 N–H and O–H groups in total. The van der Waals surface area contributed by atoms with Gasteiger partial charge in [-0.2, -0.15) is 0 Å². The van der Waals surface area contributed by atoms with Gasteiger partial charge < -0.3 is 9.84 Å². The van der Waals surface area contributed by atoms with E-state index in [4.69, 9.17) is 4.74 Å². The number of fused-ring (bicyclic) bond motifs is 1. The molecule has 1 unspecified atom stereocenters. The van der Waals surface area contributed by atoms with Gasteiger partial charge >= 0.3 is 5.97 Å². The quantitative estimate of drug-likeness (QED) is 0.702. The second-order valence-electron chi connectivity index (χ2n) is 6.85. The van der Waals surface area contributed by atoms with E-state index in [0.717, 1.165) is 22.3 Å². The summed E-state index contributed by atoms with van der Waals surface area (Å²) >= 11 is 0. The summed E-state index contributed by atoms with van der Waals surface area (Å²) < 4.78 is 6.62. The van der Waals surface area contributed by atoms with E-state index in [0.29, 0.717) is 11.3 Å². The summed E-state index contributed by atoms with van der Waals surface area (Å²) in [4.78, 5) is 12.0. The molecule has 3 nitrogen and oxygen atoms in total. The molecule has 0 aliphatic carbocycles. The van der Waals surface area contributed by atoms with Crippen LogP contribution >= 0.6 is 0 Å². The molecule has 3 heteroatoms. The maximum Gasteiger partial charge on any atom is 0.331 e. The first kappa shape index (κ1) is 17.1. The van der Waals surface area contributed by atoms with Crippen molar-refractivity contribution in [1.29, 1.82) is 0 Å². The Morgan fingerprint density at radius 1 is 0.889 bits per heavy atom. The maximum atomic E-state index is 12.0.